The number of hydrogen-bond acceptors (Lipinski definition) is 7. The number of nitrogens with one attached hydrogen (secondary N) is 1. The molecule has 3 rings (SSSR count). The number of amides is 1. The van der Waals surface area contributed by atoms with Gasteiger partial charge >= 0.3 is 0 Å². The summed E-state index contributed by atoms with van der Waals surface area (Å²) >= 11 is 1.31. The second kappa shape index (κ2) is 6.16. The molecule has 2 heterocycles. The highest BCUT2D eigenvalue weighted by Crippen LogP contribution is 2.20. The molecule has 9 nitrogen and oxygen atoms in total. The summed E-state index contributed by atoms with van der Waals surface area (Å²) in [4.78, 5) is 26.8. The lowest BCUT2D eigenvalue weighted by Crippen LogP contribution is -2.14. The third kappa shape index (κ3) is 2.99. The molecule has 1 amide bonds. The van der Waals surface area contributed by atoms with Crippen molar-refractivity contribution in [1.29, 1.82) is 0 Å². The molecule has 0 bridgehead atoms. The normalized spacial score (nSPS) is 10.6. The van der Waals surface area contributed by atoms with Crippen molar-refractivity contribution >= 4 is 28.1 Å². The average molecular weight is 344 g/mol. The number of carbonyl (C=O) groups excluding carboxylic acids is 1. The van der Waals surface area contributed by atoms with Crippen LogP contribution in [0.4, 0.5) is 10.8 Å². The van der Waals surface area contributed by atoms with Gasteiger partial charge in [0, 0.05) is 17.5 Å². The van der Waals surface area contributed by atoms with E-state index in [1.165, 1.54) is 28.2 Å². The molecule has 0 unspecified atom stereocenters. The van der Waals surface area contributed by atoms with Gasteiger partial charge in [-0.05, 0) is 19.9 Å². The average Bonchev–Trinajstić information content (AvgIpc) is 3.13. The van der Waals surface area contributed by atoms with Gasteiger partial charge in [0.1, 0.15) is 0 Å². The van der Waals surface area contributed by atoms with Crippen molar-refractivity contribution in [3.05, 3.63) is 56.8 Å². The Balaban J connectivity index is 1.89. The Morgan fingerprint density at radius 3 is 2.83 bits per heavy atom. The minimum absolute atomic E-state index is 0.0633. The van der Waals surface area contributed by atoms with Crippen molar-refractivity contribution in [1.82, 2.24) is 20.0 Å². The molecule has 0 aliphatic heterocycles. The van der Waals surface area contributed by atoms with E-state index in [1.807, 2.05) is 12.3 Å². The van der Waals surface area contributed by atoms with Crippen LogP contribution in [-0.4, -0.2) is 30.8 Å². The lowest BCUT2D eigenvalue weighted by Gasteiger charge is -2.03. The van der Waals surface area contributed by atoms with Gasteiger partial charge in [0.25, 0.3) is 11.6 Å². The Morgan fingerprint density at radius 1 is 1.38 bits per heavy atom. The van der Waals surface area contributed by atoms with Crippen molar-refractivity contribution < 1.29 is 9.72 Å². The van der Waals surface area contributed by atoms with Gasteiger partial charge in [-0.25, -0.2) is 9.67 Å². The van der Waals surface area contributed by atoms with Crippen molar-refractivity contribution in [3.63, 3.8) is 0 Å². The van der Waals surface area contributed by atoms with Crippen molar-refractivity contribution in [2.45, 2.75) is 13.8 Å². The van der Waals surface area contributed by atoms with E-state index < -0.39 is 10.8 Å². The van der Waals surface area contributed by atoms with Crippen LogP contribution in [0.25, 0.3) is 5.69 Å². The van der Waals surface area contributed by atoms with E-state index in [2.05, 4.69) is 20.6 Å². The molecule has 0 saturated carbocycles. The summed E-state index contributed by atoms with van der Waals surface area (Å²) in [6, 6.07) is 5.95. The molecule has 0 atom stereocenters. The van der Waals surface area contributed by atoms with E-state index in [1.54, 1.807) is 19.1 Å². The Morgan fingerprint density at radius 2 is 2.17 bits per heavy atom. The molecule has 2 aromatic heterocycles. The summed E-state index contributed by atoms with van der Waals surface area (Å²) in [5.74, 6) is -0.432. The number of benzene rings is 1. The molecule has 1 N–H and O–H groups in total. The van der Waals surface area contributed by atoms with Crippen LogP contribution in [0.3, 0.4) is 0 Å². The Hall–Kier alpha value is -3.14. The van der Waals surface area contributed by atoms with E-state index in [9.17, 15) is 14.9 Å². The topological polar surface area (TPSA) is 116 Å². The maximum atomic E-state index is 12.3. The van der Waals surface area contributed by atoms with Crippen molar-refractivity contribution in [3.8, 4) is 5.69 Å². The van der Waals surface area contributed by atoms with Crippen LogP contribution in [-0.2, 0) is 0 Å². The van der Waals surface area contributed by atoms with Crippen LogP contribution in [0.1, 0.15) is 21.9 Å². The lowest BCUT2D eigenvalue weighted by molar-refractivity contribution is -0.384. The van der Waals surface area contributed by atoms with Crippen LogP contribution in [0.15, 0.2) is 29.6 Å². The second-order valence-corrected chi connectivity index (χ2v) is 5.82. The number of nitro groups is 1. The molecule has 0 spiro atoms. The van der Waals surface area contributed by atoms with Gasteiger partial charge in [-0.2, -0.15) is 0 Å². The third-order valence-corrected chi connectivity index (χ3v) is 4.11. The minimum atomic E-state index is -0.492. The summed E-state index contributed by atoms with van der Waals surface area (Å²) in [5, 5.41) is 23.6. The van der Waals surface area contributed by atoms with Gasteiger partial charge in [0.05, 0.1) is 22.0 Å². The Bertz CT molecular complexity index is 932. The lowest BCUT2D eigenvalue weighted by atomic mass is 10.2. The Labute approximate surface area is 140 Å². The highest BCUT2D eigenvalue weighted by atomic mass is 32.1. The fourth-order valence-corrected chi connectivity index (χ4v) is 2.77. The standard InChI is InChI=1S/C14H12N6O3S/c1-8-7-24-14(15-8)16-13(21)12-9(2)19(18-17-12)10-4-3-5-11(6-10)20(22)23/h3-7H,1-2H3,(H,15,16,21). The molecule has 10 heteroatoms. The Kier molecular flexibility index (Phi) is 4.04. The summed E-state index contributed by atoms with van der Waals surface area (Å²) < 4.78 is 1.38. The number of hydrogen-bond donors (Lipinski definition) is 1. The molecule has 0 aliphatic rings. The van der Waals surface area contributed by atoms with Gasteiger partial charge in [0.15, 0.2) is 10.8 Å². The number of carbonyl (C=O) groups is 1. The molecular formula is C14H12N6O3S. The van der Waals surface area contributed by atoms with E-state index in [0.29, 0.717) is 16.5 Å². The predicted octanol–water partition coefficient (Wildman–Crippen LogP) is 2.50. The first-order valence-corrected chi connectivity index (χ1v) is 7.74. The summed E-state index contributed by atoms with van der Waals surface area (Å²) in [6.45, 7) is 3.50. The highest BCUT2D eigenvalue weighted by Gasteiger charge is 2.19. The zero-order valence-electron chi connectivity index (χ0n) is 12.8. The van der Waals surface area contributed by atoms with Crippen molar-refractivity contribution in [2.24, 2.45) is 0 Å². The van der Waals surface area contributed by atoms with Crippen molar-refractivity contribution in [2.75, 3.05) is 5.32 Å². The zero-order chi connectivity index (χ0) is 17.3. The third-order valence-electron chi connectivity index (χ3n) is 3.23. The first-order chi connectivity index (χ1) is 11.5. The van der Waals surface area contributed by atoms with Gasteiger partial charge < -0.3 is 0 Å². The number of aryl methyl sites for hydroxylation is 1. The van der Waals surface area contributed by atoms with E-state index in [0.717, 1.165) is 5.69 Å². The van der Waals surface area contributed by atoms with Crippen LogP contribution in [0.5, 0.6) is 0 Å². The number of aromatic nitrogens is 4. The van der Waals surface area contributed by atoms with Crippen LogP contribution in [0.2, 0.25) is 0 Å². The van der Waals surface area contributed by atoms with Gasteiger partial charge in [-0.15, -0.1) is 16.4 Å². The fraction of sp³-hybridized carbons (Fsp3) is 0.143. The number of thiazole rings is 1. The number of anilines is 1. The summed E-state index contributed by atoms with van der Waals surface area (Å²) in [6.07, 6.45) is 0. The van der Waals surface area contributed by atoms with Crippen LogP contribution < -0.4 is 5.32 Å². The van der Waals surface area contributed by atoms with E-state index >= 15 is 0 Å². The maximum absolute atomic E-state index is 12.3. The van der Waals surface area contributed by atoms with E-state index in [4.69, 9.17) is 0 Å². The second-order valence-electron chi connectivity index (χ2n) is 4.96. The van der Waals surface area contributed by atoms with Crippen LogP contribution >= 0.6 is 11.3 Å². The SMILES string of the molecule is Cc1csc(NC(=O)c2nnn(-c3cccc([N+](=O)[O-])c3)c2C)n1. The molecular weight excluding hydrogens is 332 g/mol. The first kappa shape index (κ1) is 15.7. The van der Waals surface area contributed by atoms with E-state index in [-0.39, 0.29) is 11.4 Å². The number of nitro benzene ring substituents is 1. The smallest absolute Gasteiger partial charge is 0.279 e. The molecule has 0 aliphatic carbocycles. The maximum Gasteiger partial charge on any atom is 0.279 e. The number of rotatable bonds is 4. The highest BCUT2D eigenvalue weighted by molar-refractivity contribution is 7.13. The van der Waals surface area contributed by atoms with Gasteiger partial charge in [0.2, 0.25) is 0 Å². The zero-order valence-corrected chi connectivity index (χ0v) is 13.6. The summed E-state index contributed by atoms with van der Waals surface area (Å²) in [7, 11) is 0. The van der Waals surface area contributed by atoms with Gasteiger partial charge in [-0.3, -0.25) is 20.2 Å². The summed E-state index contributed by atoms with van der Waals surface area (Å²) in [5.41, 5.74) is 1.81. The molecule has 0 radical (unpaired) electrons. The molecule has 1 aromatic carbocycles. The molecule has 24 heavy (non-hydrogen) atoms. The number of nitrogens with zero attached hydrogens (tertiary/aromatic N) is 5. The molecule has 122 valence electrons. The van der Waals surface area contributed by atoms with Gasteiger partial charge in [-0.1, -0.05) is 11.3 Å². The molecule has 0 saturated heterocycles. The minimum Gasteiger partial charge on any atom is -0.296 e. The molecule has 0 fully saturated rings. The largest absolute Gasteiger partial charge is 0.296 e. The molecule has 3 aromatic rings. The predicted molar refractivity (Wildman–Crippen MR) is 87.6 cm³/mol. The monoisotopic (exact) mass is 344 g/mol. The fourth-order valence-electron chi connectivity index (χ4n) is 2.09. The number of non-ortho nitro benzene ring substituents is 1. The first-order valence-electron chi connectivity index (χ1n) is 6.86. The van der Waals surface area contributed by atoms with Crippen LogP contribution in [0, 0.1) is 24.0 Å². The quantitative estimate of drug-likeness (QED) is 0.574.